The molecule has 6 heteroatoms. The van der Waals surface area contributed by atoms with Crippen LogP contribution in [0.3, 0.4) is 0 Å². The zero-order valence-corrected chi connectivity index (χ0v) is 7.50. The average molecular weight is 232 g/mol. The van der Waals surface area contributed by atoms with E-state index in [1.807, 2.05) is 5.43 Å². The third-order valence-corrected chi connectivity index (χ3v) is 1.49. The maximum Gasteiger partial charge on any atom is 0.423 e. The van der Waals surface area contributed by atoms with E-state index in [4.69, 9.17) is 5.11 Å². The number of carboxylic acid groups (broad SMARTS) is 1. The molecule has 0 radical (unpaired) electrons. The fraction of sp³-hybridized carbons (Fsp3) is 0. The molecule has 0 saturated heterocycles. The number of halogens is 1. The molecule has 1 aromatic rings. The summed E-state index contributed by atoms with van der Waals surface area (Å²) in [5.74, 6) is 0.445. The standard InChI is InChI=1S/C6H6BrN3O2/c7-4-1-2-5(8-3-4)9-10-6(11)12/h1-3,10H,(H,8,9)(H,11,12). The molecule has 0 saturated carbocycles. The smallest absolute Gasteiger partial charge is 0.423 e. The molecule has 0 atom stereocenters. The largest absolute Gasteiger partial charge is 0.464 e. The summed E-state index contributed by atoms with van der Waals surface area (Å²) in [5, 5.41) is 8.22. The first kappa shape index (κ1) is 8.79. The lowest BCUT2D eigenvalue weighted by molar-refractivity contribution is 0.197. The van der Waals surface area contributed by atoms with Gasteiger partial charge in [-0.05, 0) is 28.1 Å². The Kier molecular flexibility index (Phi) is 2.87. The van der Waals surface area contributed by atoms with Gasteiger partial charge >= 0.3 is 6.09 Å². The number of hydrazine groups is 1. The van der Waals surface area contributed by atoms with Gasteiger partial charge in [-0.15, -0.1) is 0 Å². The lowest BCUT2D eigenvalue weighted by atomic mass is 10.5. The minimum atomic E-state index is -1.15. The van der Waals surface area contributed by atoms with Gasteiger partial charge in [0.1, 0.15) is 5.82 Å². The minimum absolute atomic E-state index is 0.445. The maximum atomic E-state index is 10.0. The number of amides is 1. The molecule has 1 aromatic heterocycles. The molecule has 1 amide bonds. The summed E-state index contributed by atoms with van der Waals surface area (Å²) in [6.45, 7) is 0. The summed E-state index contributed by atoms with van der Waals surface area (Å²) in [6.07, 6.45) is 0.408. The van der Waals surface area contributed by atoms with Crippen LogP contribution in [0.5, 0.6) is 0 Å². The van der Waals surface area contributed by atoms with E-state index in [0.29, 0.717) is 5.82 Å². The van der Waals surface area contributed by atoms with E-state index < -0.39 is 6.09 Å². The van der Waals surface area contributed by atoms with Crippen LogP contribution in [0.1, 0.15) is 0 Å². The summed E-state index contributed by atoms with van der Waals surface area (Å²) >= 11 is 3.20. The predicted molar refractivity (Wildman–Crippen MR) is 46.7 cm³/mol. The van der Waals surface area contributed by atoms with Crippen LogP contribution in [0.25, 0.3) is 0 Å². The zero-order valence-electron chi connectivity index (χ0n) is 5.91. The highest BCUT2D eigenvalue weighted by molar-refractivity contribution is 9.10. The van der Waals surface area contributed by atoms with Gasteiger partial charge in [-0.3, -0.25) is 5.43 Å². The molecule has 12 heavy (non-hydrogen) atoms. The highest BCUT2D eigenvalue weighted by atomic mass is 79.9. The van der Waals surface area contributed by atoms with Crippen LogP contribution in [0, 0.1) is 0 Å². The molecule has 0 aliphatic rings. The fourth-order valence-electron chi connectivity index (χ4n) is 0.567. The second-order valence-corrected chi connectivity index (χ2v) is 2.83. The maximum absolute atomic E-state index is 10.0. The van der Waals surface area contributed by atoms with Gasteiger partial charge in [0.05, 0.1) is 0 Å². The highest BCUT2D eigenvalue weighted by Crippen LogP contribution is 2.09. The van der Waals surface area contributed by atoms with E-state index in [1.54, 1.807) is 18.3 Å². The number of carbonyl (C=O) groups is 1. The van der Waals surface area contributed by atoms with Crippen molar-refractivity contribution < 1.29 is 9.90 Å². The third kappa shape index (κ3) is 2.75. The van der Waals surface area contributed by atoms with Crippen molar-refractivity contribution in [2.45, 2.75) is 0 Å². The molecule has 0 unspecified atom stereocenters. The van der Waals surface area contributed by atoms with Crippen LogP contribution in [0.2, 0.25) is 0 Å². The van der Waals surface area contributed by atoms with E-state index in [-0.39, 0.29) is 0 Å². The van der Waals surface area contributed by atoms with Gasteiger partial charge in [0.25, 0.3) is 0 Å². The van der Waals surface area contributed by atoms with Gasteiger partial charge in [-0.25, -0.2) is 15.2 Å². The predicted octanol–water partition coefficient (Wildman–Crippen LogP) is 1.44. The molecule has 0 aromatic carbocycles. The minimum Gasteiger partial charge on any atom is -0.464 e. The van der Waals surface area contributed by atoms with Gasteiger partial charge < -0.3 is 5.11 Å². The Balaban J connectivity index is 2.53. The van der Waals surface area contributed by atoms with E-state index in [1.165, 1.54) is 0 Å². The van der Waals surface area contributed by atoms with Gasteiger partial charge in [0, 0.05) is 10.7 Å². The molecule has 1 rings (SSSR count). The van der Waals surface area contributed by atoms with Crippen LogP contribution < -0.4 is 10.9 Å². The Morgan fingerprint density at radius 3 is 2.83 bits per heavy atom. The third-order valence-electron chi connectivity index (χ3n) is 1.02. The van der Waals surface area contributed by atoms with Crippen molar-refractivity contribution in [1.29, 1.82) is 0 Å². The quantitative estimate of drug-likeness (QED) is 0.674. The highest BCUT2D eigenvalue weighted by Gasteiger charge is 1.94. The second kappa shape index (κ2) is 3.91. The van der Waals surface area contributed by atoms with Crippen molar-refractivity contribution in [3.63, 3.8) is 0 Å². The molecule has 0 spiro atoms. The number of anilines is 1. The molecular weight excluding hydrogens is 226 g/mol. The average Bonchev–Trinajstić information content (AvgIpc) is 2.03. The Morgan fingerprint density at radius 1 is 1.58 bits per heavy atom. The molecule has 1 heterocycles. The van der Waals surface area contributed by atoms with Crippen LogP contribution in [0.4, 0.5) is 10.6 Å². The first-order valence-corrected chi connectivity index (χ1v) is 3.84. The number of hydrogen-bond donors (Lipinski definition) is 3. The van der Waals surface area contributed by atoms with Crippen molar-refractivity contribution >= 4 is 27.8 Å². The van der Waals surface area contributed by atoms with Crippen molar-refractivity contribution in [3.8, 4) is 0 Å². The van der Waals surface area contributed by atoms with Gasteiger partial charge in [0.2, 0.25) is 0 Å². The molecule has 0 aliphatic carbocycles. The van der Waals surface area contributed by atoms with Crippen molar-refractivity contribution in [2.75, 3.05) is 5.43 Å². The van der Waals surface area contributed by atoms with Crippen LogP contribution >= 0.6 is 15.9 Å². The lowest BCUT2D eigenvalue weighted by Crippen LogP contribution is -2.27. The van der Waals surface area contributed by atoms with Crippen LogP contribution in [-0.4, -0.2) is 16.2 Å². The monoisotopic (exact) mass is 231 g/mol. The number of rotatable bonds is 2. The Labute approximate surface area is 76.9 Å². The summed E-state index contributed by atoms with van der Waals surface area (Å²) in [7, 11) is 0. The van der Waals surface area contributed by atoms with E-state index >= 15 is 0 Å². The first-order valence-electron chi connectivity index (χ1n) is 3.05. The van der Waals surface area contributed by atoms with Crippen LogP contribution in [0.15, 0.2) is 22.8 Å². The lowest BCUT2D eigenvalue weighted by Gasteiger charge is -2.02. The summed E-state index contributed by atoms with van der Waals surface area (Å²) in [6, 6.07) is 3.39. The molecular formula is C6H6BrN3O2. The number of nitrogens with zero attached hydrogens (tertiary/aromatic N) is 1. The van der Waals surface area contributed by atoms with Gasteiger partial charge in [-0.1, -0.05) is 0 Å². The summed E-state index contributed by atoms with van der Waals surface area (Å²) in [5.41, 5.74) is 4.36. The fourth-order valence-corrected chi connectivity index (χ4v) is 0.802. The molecule has 64 valence electrons. The van der Waals surface area contributed by atoms with Crippen molar-refractivity contribution in [1.82, 2.24) is 10.4 Å². The Morgan fingerprint density at radius 2 is 2.33 bits per heavy atom. The number of hydrogen-bond acceptors (Lipinski definition) is 3. The van der Waals surface area contributed by atoms with Crippen LogP contribution in [-0.2, 0) is 0 Å². The molecule has 5 nitrogen and oxygen atoms in total. The van der Waals surface area contributed by atoms with Gasteiger partial charge in [-0.2, -0.15) is 0 Å². The van der Waals surface area contributed by atoms with Gasteiger partial charge in [0.15, 0.2) is 0 Å². The Bertz CT molecular complexity index is 275. The van der Waals surface area contributed by atoms with E-state index in [2.05, 4.69) is 26.3 Å². The first-order chi connectivity index (χ1) is 5.68. The number of nitrogens with one attached hydrogen (secondary N) is 2. The molecule has 0 bridgehead atoms. The normalized spacial score (nSPS) is 9.08. The van der Waals surface area contributed by atoms with E-state index in [0.717, 1.165) is 4.47 Å². The molecule has 0 fully saturated rings. The Hall–Kier alpha value is -1.30. The number of aromatic nitrogens is 1. The number of pyridine rings is 1. The zero-order chi connectivity index (χ0) is 8.97. The topological polar surface area (TPSA) is 74.2 Å². The van der Waals surface area contributed by atoms with E-state index in [9.17, 15) is 4.79 Å². The van der Waals surface area contributed by atoms with Crippen molar-refractivity contribution in [3.05, 3.63) is 22.8 Å². The van der Waals surface area contributed by atoms with Crippen molar-refractivity contribution in [2.24, 2.45) is 0 Å². The SMILES string of the molecule is O=C(O)NNc1ccc(Br)cn1. The molecule has 3 N–H and O–H groups in total. The summed E-state index contributed by atoms with van der Waals surface area (Å²) in [4.78, 5) is 13.9. The second-order valence-electron chi connectivity index (χ2n) is 1.92. The molecule has 0 aliphatic heterocycles. The summed E-state index contributed by atoms with van der Waals surface area (Å²) < 4.78 is 0.836.